The average Bonchev–Trinajstić information content (AvgIpc) is 3.12. The van der Waals surface area contributed by atoms with Crippen molar-refractivity contribution in [2.24, 2.45) is 5.41 Å². The Labute approximate surface area is 124 Å². The van der Waals surface area contributed by atoms with Crippen LogP contribution in [0.15, 0.2) is 24.3 Å². The second-order valence-corrected chi connectivity index (χ2v) is 7.53. The zero-order chi connectivity index (χ0) is 15.5. The Morgan fingerprint density at radius 2 is 1.76 bits per heavy atom. The molecule has 1 aromatic rings. The highest BCUT2D eigenvalue weighted by molar-refractivity contribution is 5.43. The molecule has 1 unspecified atom stereocenters. The first-order valence-corrected chi connectivity index (χ1v) is 7.55. The van der Waals surface area contributed by atoms with Crippen LogP contribution in [0.5, 0.6) is 0 Å². The van der Waals surface area contributed by atoms with Crippen molar-refractivity contribution in [1.82, 2.24) is 4.90 Å². The molecule has 3 rings (SSSR count). The third-order valence-corrected chi connectivity index (χ3v) is 4.98. The summed E-state index contributed by atoms with van der Waals surface area (Å²) >= 11 is 0. The predicted octanol–water partition coefficient (Wildman–Crippen LogP) is 4.68. The van der Waals surface area contributed by atoms with E-state index in [-0.39, 0.29) is 16.9 Å². The third-order valence-electron chi connectivity index (χ3n) is 4.98. The van der Waals surface area contributed by atoms with Crippen LogP contribution in [-0.4, -0.2) is 24.2 Å². The molecule has 1 aliphatic heterocycles. The standard InChI is InChI=1S/C17H22F3N/c1-15(2,3)14-10-21(11-17(18,19)20)16(8-9-16)13-7-5-4-6-12(13)14/h4-7,14H,8-11H2,1-3H3. The maximum Gasteiger partial charge on any atom is 0.401 e. The van der Waals surface area contributed by atoms with Gasteiger partial charge >= 0.3 is 6.18 Å². The molecular weight excluding hydrogens is 275 g/mol. The van der Waals surface area contributed by atoms with E-state index in [9.17, 15) is 13.2 Å². The normalized spacial score (nSPS) is 25.0. The van der Waals surface area contributed by atoms with E-state index in [1.54, 1.807) is 4.90 Å². The fraction of sp³-hybridized carbons (Fsp3) is 0.647. The monoisotopic (exact) mass is 297 g/mol. The van der Waals surface area contributed by atoms with E-state index >= 15 is 0 Å². The number of rotatable bonds is 1. The van der Waals surface area contributed by atoms with Gasteiger partial charge in [-0.3, -0.25) is 4.90 Å². The van der Waals surface area contributed by atoms with E-state index in [0.29, 0.717) is 6.54 Å². The summed E-state index contributed by atoms with van der Waals surface area (Å²) in [5.41, 5.74) is 1.98. The van der Waals surface area contributed by atoms with E-state index < -0.39 is 12.7 Å². The lowest BCUT2D eigenvalue weighted by atomic mass is 9.71. The number of halogens is 3. The molecule has 1 heterocycles. The lowest BCUT2D eigenvalue weighted by molar-refractivity contribution is -0.156. The van der Waals surface area contributed by atoms with Crippen LogP contribution in [0, 0.1) is 5.41 Å². The van der Waals surface area contributed by atoms with Crippen LogP contribution in [0.3, 0.4) is 0 Å². The quantitative estimate of drug-likeness (QED) is 0.727. The van der Waals surface area contributed by atoms with E-state index in [1.807, 2.05) is 18.2 Å². The Bertz CT molecular complexity index is 538. The second-order valence-electron chi connectivity index (χ2n) is 7.53. The Kier molecular flexibility index (Phi) is 3.18. The van der Waals surface area contributed by atoms with Crippen molar-refractivity contribution in [2.45, 2.75) is 51.2 Å². The Hall–Kier alpha value is -1.03. The smallest absolute Gasteiger partial charge is 0.284 e. The molecule has 0 saturated heterocycles. The molecule has 1 saturated carbocycles. The number of hydrogen-bond acceptors (Lipinski definition) is 1. The molecule has 0 radical (unpaired) electrons. The fourth-order valence-electron chi connectivity index (χ4n) is 3.77. The number of hydrogen-bond donors (Lipinski definition) is 0. The van der Waals surface area contributed by atoms with Gasteiger partial charge in [0.2, 0.25) is 0 Å². The van der Waals surface area contributed by atoms with Crippen molar-refractivity contribution in [3.63, 3.8) is 0 Å². The van der Waals surface area contributed by atoms with Crippen molar-refractivity contribution >= 4 is 0 Å². The van der Waals surface area contributed by atoms with Crippen LogP contribution < -0.4 is 0 Å². The topological polar surface area (TPSA) is 3.24 Å². The van der Waals surface area contributed by atoms with E-state index in [1.165, 1.54) is 5.56 Å². The van der Waals surface area contributed by atoms with Gasteiger partial charge in [0.05, 0.1) is 6.54 Å². The molecule has 1 aromatic carbocycles. The average molecular weight is 297 g/mol. The molecule has 1 spiro atoms. The molecular formula is C17H22F3N. The van der Waals surface area contributed by atoms with Crippen molar-refractivity contribution in [3.05, 3.63) is 35.4 Å². The Balaban J connectivity index is 2.04. The first-order chi connectivity index (χ1) is 9.63. The van der Waals surface area contributed by atoms with Crippen molar-refractivity contribution in [1.29, 1.82) is 0 Å². The highest BCUT2D eigenvalue weighted by Crippen LogP contribution is 2.58. The minimum atomic E-state index is -4.13. The highest BCUT2D eigenvalue weighted by atomic mass is 19.4. The van der Waals surface area contributed by atoms with Gasteiger partial charge in [-0.25, -0.2) is 0 Å². The molecule has 1 aliphatic carbocycles. The fourth-order valence-corrected chi connectivity index (χ4v) is 3.77. The molecule has 116 valence electrons. The molecule has 0 bridgehead atoms. The van der Waals surface area contributed by atoms with E-state index in [0.717, 1.165) is 18.4 Å². The van der Waals surface area contributed by atoms with E-state index in [4.69, 9.17) is 0 Å². The van der Waals surface area contributed by atoms with Gasteiger partial charge in [-0.1, -0.05) is 45.0 Å². The van der Waals surface area contributed by atoms with Gasteiger partial charge in [-0.15, -0.1) is 0 Å². The Morgan fingerprint density at radius 3 is 2.29 bits per heavy atom. The second kappa shape index (κ2) is 4.48. The number of alkyl halides is 3. The molecule has 1 fully saturated rings. The van der Waals surface area contributed by atoms with Gasteiger partial charge in [0, 0.05) is 18.0 Å². The largest absolute Gasteiger partial charge is 0.401 e. The minimum absolute atomic E-state index is 0.0452. The minimum Gasteiger partial charge on any atom is -0.284 e. The summed E-state index contributed by atoms with van der Waals surface area (Å²) in [7, 11) is 0. The molecule has 21 heavy (non-hydrogen) atoms. The van der Waals surface area contributed by atoms with Crippen molar-refractivity contribution < 1.29 is 13.2 Å². The van der Waals surface area contributed by atoms with Crippen molar-refractivity contribution in [2.75, 3.05) is 13.1 Å². The first-order valence-electron chi connectivity index (χ1n) is 7.55. The molecule has 1 atom stereocenters. The zero-order valence-electron chi connectivity index (χ0n) is 12.8. The summed E-state index contributed by atoms with van der Waals surface area (Å²) in [5, 5.41) is 0. The van der Waals surface area contributed by atoms with Crippen LogP contribution in [0.2, 0.25) is 0 Å². The molecule has 4 heteroatoms. The summed E-state index contributed by atoms with van der Waals surface area (Å²) in [4.78, 5) is 1.69. The number of fused-ring (bicyclic) bond motifs is 2. The maximum absolute atomic E-state index is 13.0. The highest BCUT2D eigenvalue weighted by Gasteiger charge is 2.57. The maximum atomic E-state index is 13.0. The zero-order valence-corrected chi connectivity index (χ0v) is 12.8. The summed E-state index contributed by atoms with van der Waals surface area (Å²) in [5.74, 6) is 0.141. The molecule has 0 N–H and O–H groups in total. The summed E-state index contributed by atoms with van der Waals surface area (Å²) in [6.07, 6.45) is -2.45. The van der Waals surface area contributed by atoms with Gasteiger partial charge < -0.3 is 0 Å². The summed E-state index contributed by atoms with van der Waals surface area (Å²) in [6.45, 7) is 6.05. The third kappa shape index (κ3) is 2.59. The lowest BCUT2D eigenvalue weighted by Gasteiger charge is -2.46. The molecule has 0 amide bonds. The van der Waals surface area contributed by atoms with Crippen molar-refractivity contribution in [3.8, 4) is 0 Å². The molecule has 0 aromatic heterocycles. The van der Waals surface area contributed by atoms with Crippen LogP contribution in [0.1, 0.15) is 50.7 Å². The SMILES string of the molecule is CC(C)(C)C1CN(CC(F)(F)F)C2(CC2)c2ccccc21. The molecule has 1 nitrogen and oxygen atoms in total. The Morgan fingerprint density at radius 1 is 1.14 bits per heavy atom. The predicted molar refractivity (Wildman–Crippen MR) is 77.2 cm³/mol. The van der Waals surface area contributed by atoms with Gasteiger partial charge in [-0.2, -0.15) is 13.2 Å². The summed E-state index contributed by atoms with van der Waals surface area (Å²) in [6, 6.07) is 8.10. The number of nitrogens with zero attached hydrogens (tertiary/aromatic N) is 1. The summed E-state index contributed by atoms with van der Waals surface area (Å²) < 4.78 is 38.9. The molecule has 2 aliphatic rings. The van der Waals surface area contributed by atoms with Gasteiger partial charge in [0.15, 0.2) is 0 Å². The van der Waals surface area contributed by atoms with Crippen LogP contribution in [0.25, 0.3) is 0 Å². The van der Waals surface area contributed by atoms with Crippen LogP contribution >= 0.6 is 0 Å². The number of benzene rings is 1. The van der Waals surface area contributed by atoms with E-state index in [2.05, 4.69) is 26.8 Å². The van der Waals surface area contributed by atoms with Crippen LogP contribution in [-0.2, 0) is 5.54 Å². The van der Waals surface area contributed by atoms with Crippen LogP contribution in [0.4, 0.5) is 13.2 Å². The van der Waals surface area contributed by atoms with Gasteiger partial charge in [-0.05, 0) is 29.4 Å². The van der Waals surface area contributed by atoms with Gasteiger partial charge in [0.1, 0.15) is 0 Å². The first kappa shape index (κ1) is 14.9. The van der Waals surface area contributed by atoms with Gasteiger partial charge in [0.25, 0.3) is 0 Å². The lowest BCUT2D eigenvalue weighted by Crippen LogP contribution is -2.49.